The molecule has 0 aliphatic rings. The normalized spacial score (nSPS) is 10.6. The number of unbranched alkanes of at least 4 members (excludes halogenated alkanes) is 3. The molecule has 0 saturated heterocycles. The van der Waals surface area contributed by atoms with Crippen molar-refractivity contribution in [2.24, 2.45) is 0 Å². The molecular formula is C14H22ClN. The minimum absolute atomic E-state index is 0.602. The number of hydrogen-bond donors (Lipinski definition) is 1. The van der Waals surface area contributed by atoms with Gasteiger partial charge in [0.05, 0.1) is 0 Å². The van der Waals surface area contributed by atoms with E-state index in [1.807, 2.05) is 0 Å². The Hall–Kier alpha value is -0.530. The first kappa shape index (κ1) is 13.5. The molecule has 16 heavy (non-hydrogen) atoms. The first-order valence-electron chi connectivity index (χ1n) is 6.21. The maximum atomic E-state index is 5.80. The van der Waals surface area contributed by atoms with E-state index in [0.717, 1.165) is 13.1 Å². The van der Waals surface area contributed by atoms with Crippen LogP contribution in [0.4, 0.5) is 0 Å². The summed E-state index contributed by atoms with van der Waals surface area (Å²) in [5.74, 6) is 0.602. The second kappa shape index (κ2) is 8.60. The van der Waals surface area contributed by atoms with Crippen LogP contribution in [0.25, 0.3) is 0 Å². The van der Waals surface area contributed by atoms with Crippen LogP contribution in [0.3, 0.4) is 0 Å². The highest BCUT2D eigenvalue weighted by atomic mass is 35.5. The number of hydrogen-bond acceptors (Lipinski definition) is 1. The number of halogens is 1. The second-order valence-electron chi connectivity index (χ2n) is 4.19. The van der Waals surface area contributed by atoms with Gasteiger partial charge in [0.1, 0.15) is 0 Å². The van der Waals surface area contributed by atoms with Crippen LogP contribution in [0, 0.1) is 0 Å². The summed E-state index contributed by atoms with van der Waals surface area (Å²) in [7, 11) is 0. The Morgan fingerprint density at radius 2 is 1.94 bits per heavy atom. The molecule has 0 fully saturated rings. The standard InChI is InChI=1S/C14H22ClN/c1-2-3-4-5-9-16-12-14-8-6-7-13(10-14)11-15/h6-8,10,16H,2-5,9,11-12H2,1H3. The maximum absolute atomic E-state index is 5.80. The zero-order valence-electron chi connectivity index (χ0n) is 10.1. The quantitative estimate of drug-likeness (QED) is 0.532. The van der Waals surface area contributed by atoms with Crippen molar-refractivity contribution in [3.8, 4) is 0 Å². The second-order valence-corrected chi connectivity index (χ2v) is 4.46. The van der Waals surface area contributed by atoms with E-state index < -0.39 is 0 Å². The highest BCUT2D eigenvalue weighted by Gasteiger charge is 1.95. The summed E-state index contributed by atoms with van der Waals surface area (Å²) < 4.78 is 0. The Bertz CT molecular complexity index is 286. The van der Waals surface area contributed by atoms with E-state index in [9.17, 15) is 0 Å². The molecule has 0 aliphatic heterocycles. The van der Waals surface area contributed by atoms with E-state index in [1.165, 1.54) is 36.8 Å². The van der Waals surface area contributed by atoms with Crippen molar-refractivity contribution in [1.29, 1.82) is 0 Å². The van der Waals surface area contributed by atoms with Crippen molar-refractivity contribution < 1.29 is 0 Å². The Morgan fingerprint density at radius 1 is 1.12 bits per heavy atom. The smallest absolute Gasteiger partial charge is 0.0474 e. The van der Waals surface area contributed by atoms with Crippen molar-refractivity contribution in [3.63, 3.8) is 0 Å². The van der Waals surface area contributed by atoms with Crippen molar-refractivity contribution in [2.75, 3.05) is 6.54 Å². The third kappa shape index (κ3) is 5.53. The topological polar surface area (TPSA) is 12.0 Å². The highest BCUT2D eigenvalue weighted by Crippen LogP contribution is 2.07. The molecule has 1 N–H and O–H groups in total. The molecule has 0 aromatic heterocycles. The molecule has 1 nitrogen and oxygen atoms in total. The molecule has 0 bridgehead atoms. The van der Waals surface area contributed by atoms with Gasteiger partial charge in [-0.3, -0.25) is 0 Å². The van der Waals surface area contributed by atoms with Gasteiger partial charge in [0, 0.05) is 12.4 Å². The molecule has 90 valence electrons. The largest absolute Gasteiger partial charge is 0.313 e. The monoisotopic (exact) mass is 239 g/mol. The van der Waals surface area contributed by atoms with E-state index in [0.29, 0.717) is 5.88 Å². The molecule has 0 heterocycles. The van der Waals surface area contributed by atoms with Gasteiger partial charge in [-0.2, -0.15) is 0 Å². The fourth-order valence-electron chi connectivity index (χ4n) is 1.73. The van der Waals surface area contributed by atoms with Crippen molar-refractivity contribution in [3.05, 3.63) is 35.4 Å². The van der Waals surface area contributed by atoms with Crippen LogP contribution >= 0.6 is 11.6 Å². The lowest BCUT2D eigenvalue weighted by Gasteiger charge is -2.05. The van der Waals surface area contributed by atoms with E-state index in [-0.39, 0.29) is 0 Å². The average Bonchev–Trinajstić information content (AvgIpc) is 2.34. The SMILES string of the molecule is CCCCCCNCc1cccc(CCl)c1. The van der Waals surface area contributed by atoms with Gasteiger partial charge >= 0.3 is 0 Å². The predicted octanol–water partition coefficient (Wildman–Crippen LogP) is 4.10. The van der Waals surface area contributed by atoms with E-state index in [4.69, 9.17) is 11.6 Å². The molecule has 1 aromatic carbocycles. The van der Waals surface area contributed by atoms with Crippen molar-refractivity contribution >= 4 is 11.6 Å². The molecule has 0 amide bonds. The summed E-state index contributed by atoms with van der Waals surface area (Å²) in [5, 5.41) is 3.47. The van der Waals surface area contributed by atoms with Crippen LogP contribution in [0.2, 0.25) is 0 Å². The molecule has 1 rings (SSSR count). The Kier molecular flexibility index (Phi) is 7.28. The Labute approximate surface area is 104 Å². The van der Waals surface area contributed by atoms with Gasteiger partial charge in [-0.1, -0.05) is 50.5 Å². The molecule has 1 aromatic rings. The highest BCUT2D eigenvalue weighted by molar-refractivity contribution is 6.17. The summed E-state index contributed by atoms with van der Waals surface area (Å²) in [4.78, 5) is 0. The molecule has 2 heteroatoms. The minimum atomic E-state index is 0.602. The van der Waals surface area contributed by atoms with Gasteiger partial charge < -0.3 is 5.32 Å². The maximum Gasteiger partial charge on any atom is 0.0474 e. The molecule has 0 spiro atoms. The Morgan fingerprint density at radius 3 is 2.69 bits per heavy atom. The first-order valence-corrected chi connectivity index (χ1v) is 6.74. The number of benzene rings is 1. The van der Waals surface area contributed by atoms with Crippen molar-refractivity contribution in [2.45, 2.75) is 45.0 Å². The number of alkyl halides is 1. The van der Waals surface area contributed by atoms with E-state index in [1.54, 1.807) is 0 Å². The third-order valence-electron chi connectivity index (χ3n) is 2.68. The lowest BCUT2D eigenvalue weighted by molar-refractivity contribution is 0.598. The lowest BCUT2D eigenvalue weighted by Crippen LogP contribution is -2.14. The number of rotatable bonds is 8. The third-order valence-corrected chi connectivity index (χ3v) is 2.99. The van der Waals surface area contributed by atoms with Crippen molar-refractivity contribution in [1.82, 2.24) is 5.32 Å². The van der Waals surface area contributed by atoms with Crippen LogP contribution in [-0.2, 0) is 12.4 Å². The van der Waals surface area contributed by atoms with Gasteiger partial charge in [0.15, 0.2) is 0 Å². The van der Waals surface area contributed by atoms with E-state index >= 15 is 0 Å². The van der Waals surface area contributed by atoms with Gasteiger partial charge in [-0.05, 0) is 24.1 Å². The summed E-state index contributed by atoms with van der Waals surface area (Å²) in [6.07, 6.45) is 5.27. The molecular weight excluding hydrogens is 218 g/mol. The van der Waals surface area contributed by atoms with Gasteiger partial charge in [0.2, 0.25) is 0 Å². The molecule has 0 atom stereocenters. The van der Waals surface area contributed by atoms with Gasteiger partial charge in [-0.15, -0.1) is 11.6 Å². The average molecular weight is 240 g/mol. The van der Waals surface area contributed by atoms with Crippen LogP contribution in [0.1, 0.15) is 43.7 Å². The summed E-state index contributed by atoms with van der Waals surface area (Å²) >= 11 is 5.80. The summed E-state index contributed by atoms with van der Waals surface area (Å²) in [6.45, 7) is 4.31. The number of nitrogens with one attached hydrogen (secondary N) is 1. The van der Waals surface area contributed by atoms with Gasteiger partial charge in [-0.25, -0.2) is 0 Å². The van der Waals surface area contributed by atoms with Crippen LogP contribution in [0.5, 0.6) is 0 Å². The van der Waals surface area contributed by atoms with E-state index in [2.05, 4.69) is 36.5 Å². The Balaban J connectivity index is 2.16. The van der Waals surface area contributed by atoms with Crippen LogP contribution in [0.15, 0.2) is 24.3 Å². The predicted molar refractivity (Wildman–Crippen MR) is 71.8 cm³/mol. The lowest BCUT2D eigenvalue weighted by atomic mass is 10.1. The molecule has 0 aliphatic carbocycles. The molecule has 0 radical (unpaired) electrons. The summed E-state index contributed by atoms with van der Waals surface area (Å²) in [6, 6.07) is 8.46. The molecule has 0 saturated carbocycles. The minimum Gasteiger partial charge on any atom is -0.313 e. The summed E-state index contributed by atoms with van der Waals surface area (Å²) in [5.41, 5.74) is 2.53. The fourth-order valence-corrected chi connectivity index (χ4v) is 1.90. The zero-order valence-corrected chi connectivity index (χ0v) is 10.9. The van der Waals surface area contributed by atoms with Crippen LogP contribution in [-0.4, -0.2) is 6.54 Å². The zero-order chi connectivity index (χ0) is 11.6. The first-order chi connectivity index (χ1) is 7.86. The van der Waals surface area contributed by atoms with Gasteiger partial charge in [0.25, 0.3) is 0 Å². The van der Waals surface area contributed by atoms with Crippen LogP contribution < -0.4 is 5.32 Å². The molecule has 0 unspecified atom stereocenters. The fraction of sp³-hybridized carbons (Fsp3) is 0.571.